The topological polar surface area (TPSA) is 63.3 Å². The Balaban J connectivity index is 3.13. The normalized spacial score (nSPS) is 14.8. The van der Waals surface area contributed by atoms with Crippen LogP contribution in [-0.2, 0) is 10.4 Å². The number of carbonyl (C=O) groups is 1. The van der Waals surface area contributed by atoms with Gasteiger partial charge in [-0.3, -0.25) is 4.79 Å². The maximum Gasteiger partial charge on any atom is 0.254 e. The largest absolute Gasteiger partial charge is 0.375 e. The fourth-order valence-corrected chi connectivity index (χ4v) is 1.37. The van der Waals surface area contributed by atoms with E-state index >= 15 is 0 Å². The van der Waals surface area contributed by atoms with Crippen molar-refractivity contribution >= 4 is 17.5 Å². The van der Waals surface area contributed by atoms with Crippen LogP contribution in [0.3, 0.4) is 0 Å². The van der Waals surface area contributed by atoms with Crippen molar-refractivity contribution in [1.29, 1.82) is 0 Å². The Bertz CT molecular complexity index is 336. The monoisotopic (exact) mass is 213 g/mol. The maximum atomic E-state index is 11.1. The summed E-state index contributed by atoms with van der Waals surface area (Å²) < 4.78 is 0. The van der Waals surface area contributed by atoms with Gasteiger partial charge >= 0.3 is 0 Å². The van der Waals surface area contributed by atoms with Gasteiger partial charge in [0.1, 0.15) is 0 Å². The summed E-state index contributed by atoms with van der Waals surface area (Å²) in [6, 6.07) is 6.41. The quantitative estimate of drug-likeness (QED) is 0.798. The number of rotatable bonds is 3. The zero-order valence-electron chi connectivity index (χ0n) is 7.83. The van der Waals surface area contributed by atoms with E-state index in [0.717, 1.165) is 0 Å². The second-order valence-electron chi connectivity index (χ2n) is 3.08. The molecular weight excluding hydrogens is 202 g/mol. The molecule has 0 aliphatic heterocycles. The van der Waals surface area contributed by atoms with E-state index in [0.29, 0.717) is 10.6 Å². The molecule has 1 aromatic carbocycles. The number of amides is 1. The Hall–Kier alpha value is -1.06. The van der Waals surface area contributed by atoms with Crippen molar-refractivity contribution in [3.63, 3.8) is 0 Å². The third kappa shape index (κ3) is 1.89. The fourth-order valence-electron chi connectivity index (χ4n) is 1.25. The molecule has 0 fully saturated rings. The number of primary amides is 1. The lowest BCUT2D eigenvalue weighted by Gasteiger charge is -2.23. The van der Waals surface area contributed by atoms with Gasteiger partial charge in [-0.2, -0.15) is 0 Å². The van der Waals surface area contributed by atoms with E-state index in [1.54, 1.807) is 31.2 Å². The Morgan fingerprint density at radius 2 is 2.00 bits per heavy atom. The summed E-state index contributed by atoms with van der Waals surface area (Å²) >= 11 is 5.69. The Labute approximate surface area is 87.5 Å². The highest BCUT2D eigenvalue weighted by atomic mass is 35.5. The van der Waals surface area contributed by atoms with Crippen LogP contribution in [0.25, 0.3) is 0 Å². The number of nitrogens with two attached hydrogens (primary N) is 1. The average molecular weight is 214 g/mol. The lowest BCUT2D eigenvalue weighted by atomic mass is 9.91. The van der Waals surface area contributed by atoms with Gasteiger partial charge in [-0.15, -0.1) is 0 Å². The molecule has 1 aromatic rings. The molecule has 0 bridgehead atoms. The third-order valence-electron chi connectivity index (χ3n) is 2.24. The second kappa shape index (κ2) is 3.98. The number of benzene rings is 1. The van der Waals surface area contributed by atoms with E-state index in [-0.39, 0.29) is 6.42 Å². The van der Waals surface area contributed by atoms with Crippen LogP contribution < -0.4 is 5.73 Å². The average Bonchev–Trinajstić information content (AvgIpc) is 2.17. The summed E-state index contributed by atoms with van der Waals surface area (Å²) in [7, 11) is 0. The van der Waals surface area contributed by atoms with Crippen molar-refractivity contribution in [2.75, 3.05) is 0 Å². The first-order valence-corrected chi connectivity index (χ1v) is 4.67. The fraction of sp³-hybridized carbons (Fsp3) is 0.300. The summed E-state index contributed by atoms with van der Waals surface area (Å²) in [4.78, 5) is 11.1. The van der Waals surface area contributed by atoms with Gasteiger partial charge in [-0.25, -0.2) is 0 Å². The van der Waals surface area contributed by atoms with Gasteiger partial charge < -0.3 is 10.8 Å². The highest BCUT2D eigenvalue weighted by Gasteiger charge is 2.33. The summed E-state index contributed by atoms with van der Waals surface area (Å²) in [5.74, 6) is -0.748. The zero-order valence-corrected chi connectivity index (χ0v) is 8.58. The van der Waals surface area contributed by atoms with Crippen LogP contribution in [0.1, 0.15) is 18.9 Å². The minimum Gasteiger partial charge on any atom is -0.375 e. The van der Waals surface area contributed by atoms with Crippen molar-refractivity contribution in [2.24, 2.45) is 5.73 Å². The van der Waals surface area contributed by atoms with Crippen LogP contribution in [0.5, 0.6) is 0 Å². The predicted octanol–water partition coefficient (Wildman–Crippen LogP) is 1.42. The molecule has 0 saturated carbocycles. The van der Waals surface area contributed by atoms with Crippen LogP contribution in [0.15, 0.2) is 24.3 Å². The summed E-state index contributed by atoms with van der Waals surface area (Å²) in [5.41, 5.74) is 4.01. The molecule has 76 valence electrons. The lowest BCUT2D eigenvalue weighted by Crippen LogP contribution is -2.40. The molecule has 4 heteroatoms. The lowest BCUT2D eigenvalue weighted by molar-refractivity contribution is -0.137. The molecule has 3 N–H and O–H groups in total. The van der Waals surface area contributed by atoms with E-state index in [2.05, 4.69) is 0 Å². The molecule has 1 amide bonds. The first-order valence-electron chi connectivity index (χ1n) is 4.29. The van der Waals surface area contributed by atoms with Crippen LogP contribution in [-0.4, -0.2) is 11.0 Å². The van der Waals surface area contributed by atoms with Gasteiger partial charge in [0.2, 0.25) is 0 Å². The van der Waals surface area contributed by atoms with Crippen LogP contribution >= 0.6 is 11.6 Å². The minimum atomic E-state index is -1.59. The van der Waals surface area contributed by atoms with Gasteiger partial charge in [-0.1, -0.05) is 30.7 Å². The minimum absolute atomic E-state index is 0.240. The molecule has 1 atom stereocenters. The SMILES string of the molecule is CCC(O)(C(N)=O)c1ccc(Cl)cc1. The standard InChI is InChI=1S/C10H12ClNO2/c1-2-10(14,9(12)13)7-3-5-8(11)6-4-7/h3-6,14H,2H2,1H3,(H2,12,13). The Kier molecular flexibility index (Phi) is 3.13. The van der Waals surface area contributed by atoms with Gasteiger partial charge in [0, 0.05) is 5.02 Å². The van der Waals surface area contributed by atoms with Crippen LogP contribution in [0.4, 0.5) is 0 Å². The van der Waals surface area contributed by atoms with E-state index in [9.17, 15) is 9.90 Å². The summed E-state index contributed by atoms with van der Waals surface area (Å²) in [5, 5.41) is 10.5. The van der Waals surface area contributed by atoms with Crippen LogP contribution in [0.2, 0.25) is 5.02 Å². The molecule has 0 spiro atoms. The molecule has 0 radical (unpaired) electrons. The molecule has 1 rings (SSSR count). The molecule has 1 unspecified atom stereocenters. The molecule has 3 nitrogen and oxygen atoms in total. The molecule has 0 aromatic heterocycles. The Morgan fingerprint density at radius 1 is 1.50 bits per heavy atom. The smallest absolute Gasteiger partial charge is 0.254 e. The van der Waals surface area contributed by atoms with Gasteiger partial charge in [0.05, 0.1) is 0 Å². The van der Waals surface area contributed by atoms with E-state index in [1.807, 2.05) is 0 Å². The Morgan fingerprint density at radius 3 is 2.36 bits per heavy atom. The van der Waals surface area contributed by atoms with Crippen molar-refractivity contribution in [3.05, 3.63) is 34.9 Å². The van der Waals surface area contributed by atoms with Crippen molar-refractivity contribution in [3.8, 4) is 0 Å². The molecule has 0 heterocycles. The first-order chi connectivity index (χ1) is 6.50. The van der Waals surface area contributed by atoms with E-state index in [4.69, 9.17) is 17.3 Å². The molecule has 0 aliphatic carbocycles. The number of hydrogen-bond donors (Lipinski definition) is 2. The van der Waals surface area contributed by atoms with E-state index < -0.39 is 11.5 Å². The maximum absolute atomic E-state index is 11.1. The molecule has 0 saturated heterocycles. The van der Waals surface area contributed by atoms with Crippen molar-refractivity contribution in [2.45, 2.75) is 18.9 Å². The highest BCUT2D eigenvalue weighted by molar-refractivity contribution is 6.30. The highest BCUT2D eigenvalue weighted by Crippen LogP contribution is 2.25. The second-order valence-corrected chi connectivity index (χ2v) is 3.52. The van der Waals surface area contributed by atoms with Crippen molar-refractivity contribution < 1.29 is 9.90 Å². The zero-order chi connectivity index (χ0) is 10.8. The van der Waals surface area contributed by atoms with Gasteiger partial charge in [-0.05, 0) is 24.1 Å². The number of halogens is 1. The van der Waals surface area contributed by atoms with E-state index in [1.165, 1.54) is 0 Å². The van der Waals surface area contributed by atoms with Gasteiger partial charge in [0.15, 0.2) is 5.60 Å². The number of hydrogen-bond acceptors (Lipinski definition) is 2. The first kappa shape index (κ1) is 11.0. The van der Waals surface area contributed by atoms with Gasteiger partial charge in [0.25, 0.3) is 5.91 Å². The molecular formula is C10H12ClNO2. The molecule has 0 aliphatic rings. The third-order valence-corrected chi connectivity index (χ3v) is 2.49. The van der Waals surface area contributed by atoms with Crippen LogP contribution in [0, 0.1) is 0 Å². The summed E-state index contributed by atoms with van der Waals surface area (Å²) in [6.07, 6.45) is 0.240. The number of carbonyl (C=O) groups excluding carboxylic acids is 1. The molecule has 14 heavy (non-hydrogen) atoms. The number of aliphatic hydroxyl groups is 1. The summed E-state index contributed by atoms with van der Waals surface area (Å²) in [6.45, 7) is 1.69. The predicted molar refractivity (Wildman–Crippen MR) is 54.8 cm³/mol. The van der Waals surface area contributed by atoms with Crippen molar-refractivity contribution in [1.82, 2.24) is 0 Å².